The van der Waals surface area contributed by atoms with Crippen LogP contribution in [0.15, 0.2) is 29.4 Å². The van der Waals surface area contributed by atoms with E-state index in [0.29, 0.717) is 0 Å². The summed E-state index contributed by atoms with van der Waals surface area (Å²) in [7, 11) is 1.99. The first-order chi connectivity index (χ1) is 8.66. The Morgan fingerprint density at radius 1 is 1.17 bits per heavy atom. The van der Waals surface area contributed by atoms with Crippen LogP contribution in [0.1, 0.15) is 11.4 Å². The number of aryl methyl sites for hydroxylation is 2. The van der Waals surface area contributed by atoms with E-state index in [9.17, 15) is 0 Å². The molecule has 96 valence electrons. The summed E-state index contributed by atoms with van der Waals surface area (Å²) in [6, 6.07) is 8.43. The lowest BCUT2D eigenvalue weighted by molar-refractivity contribution is 0.765. The van der Waals surface area contributed by atoms with Gasteiger partial charge < -0.3 is 9.88 Å². The molecule has 5 heteroatoms. The molecule has 1 N–H and O–H groups in total. The molecule has 0 saturated carbocycles. The van der Waals surface area contributed by atoms with Gasteiger partial charge in [0.2, 0.25) is 0 Å². The van der Waals surface area contributed by atoms with Crippen molar-refractivity contribution in [3.05, 3.63) is 35.7 Å². The van der Waals surface area contributed by atoms with Gasteiger partial charge in [-0.3, -0.25) is 0 Å². The first kappa shape index (κ1) is 13.0. The minimum absolute atomic E-state index is 0.916. The molecule has 2 aromatic rings. The molecule has 2 rings (SSSR count). The number of benzene rings is 1. The molecule has 1 aromatic carbocycles. The second-order valence-corrected chi connectivity index (χ2v) is 5.29. The van der Waals surface area contributed by atoms with Crippen molar-refractivity contribution in [2.45, 2.75) is 19.0 Å². The molecule has 1 heterocycles. The number of anilines is 1. The van der Waals surface area contributed by atoms with Gasteiger partial charge in [0.05, 0.1) is 0 Å². The maximum Gasteiger partial charge on any atom is 0.191 e. The molecule has 0 aliphatic rings. The number of hydrogen-bond donors (Lipinski definition) is 1. The van der Waals surface area contributed by atoms with Crippen molar-refractivity contribution in [2.24, 2.45) is 7.05 Å². The van der Waals surface area contributed by atoms with Gasteiger partial charge in [-0.15, -0.1) is 10.2 Å². The second-order valence-electron chi connectivity index (χ2n) is 4.23. The van der Waals surface area contributed by atoms with Gasteiger partial charge in [-0.25, -0.2) is 0 Å². The number of thioether (sulfide) groups is 1. The van der Waals surface area contributed by atoms with E-state index < -0.39 is 0 Å². The number of hydrogen-bond acceptors (Lipinski definition) is 4. The highest BCUT2D eigenvalue weighted by Crippen LogP contribution is 2.15. The molecule has 0 atom stereocenters. The molecule has 0 spiro atoms. The van der Waals surface area contributed by atoms with Crippen LogP contribution in [0.5, 0.6) is 0 Å². The summed E-state index contributed by atoms with van der Waals surface area (Å²) in [4.78, 5) is 0. The molecule has 0 aliphatic carbocycles. The molecule has 0 amide bonds. The Morgan fingerprint density at radius 3 is 2.50 bits per heavy atom. The van der Waals surface area contributed by atoms with Gasteiger partial charge in [0.1, 0.15) is 5.82 Å². The zero-order chi connectivity index (χ0) is 13.0. The highest BCUT2D eigenvalue weighted by Gasteiger charge is 2.04. The molecule has 4 nitrogen and oxygen atoms in total. The molecular weight excluding hydrogens is 244 g/mol. The maximum atomic E-state index is 4.12. The summed E-state index contributed by atoms with van der Waals surface area (Å²) in [6.07, 6.45) is 0. The first-order valence-corrected chi connectivity index (χ1v) is 6.94. The third kappa shape index (κ3) is 3.26. The zero-order valence-corrected chi connectivity index (χ0v) is 11.8. The van der Waals surface area contributed by atoms with Crippen LogP contribution in [0.2, 0.25) is 0 Å². The van der Waals surface area contributed by atoms with Gasteiger partial charge in [-0.1, -0.05) is 29.5 Å². The largest absolute Gasteiger partial charge is 0.384 e. The van der Waals surface area contributed by atoms with Crippen LogP contribution >= 0.6 is 11.8 Å². The van der Waals surface area contributed by atoms with Gasteiger partial charge in [-0.05, 0) is 26.0 Å². The van der Waals surface area contributed by atoms with Gasteiger partial charge in [-0.2, -0.15) is 0 Å². The number of nitrogens with zero attached hydrogens (tertiary/aromatic N) is 3. The van der Waals surface area contributed by atoms with Crippen LogP contribution in [0.3, 0.4) is 0 Å². The van der Waals surface area contributed by atoms with Crippen molar-refractivity contribution in [3.63, 3.8) is 0 Å². The molecule has 0 bridgehead atoms. The van der Waals surface area contributed by atoms with Crippen molar-refractivity contribution in [3.8, 4) is 0 Å². The fourth-order valence-corrected chi connectivity index (χ4v) is 2.33. The Hall–Kier alpha value is -1.49. The van der Waals surface area contributed by atoms with Crippen molar-refractivity contribution in [2.75, 3.05) is 17.6 Å². The van der Waals surface area contributed by atoms with Gasteiger partial charge in [0.15, 0.2) is 5.16 Å². The van der Waals surface area contributed by atoms with E-state index in [2.05, 4.69) is 46.7 Å². The van der Waals surface area contributed by atoms with Gasteiger partial charge >= 0.3 is 0 Å². The fourth-order valence-electron chi connectivity index (χ4n) is 1.52. The van der Waals surface area contributed by atoms with E-state index in [4.69, 9.17) is 0 Å². The Kier molecular flexibility index (Phi) is 4.25. The second kappa shape index (κ2) is 5.91. The molecule has 0 aliphatic heterocycles. The van der Waals surface area contributed by atoms with E-state index in [0.717, 1.165) is 29.0 Å². The van der Waals surface area contributed by atoms with E-state index in [1.807, 2.05) is 18.5 Å². The molecule has 0 unspecified atom stereocenters. The zero-order valence-electron chi connectivity index (χ0n) is 11.0. The van der Waals surface area contributed by atoms with Crippen LogP contribution in [-0.2, 0) is 7.05 Å². The first-order valence-electron chi connectivity index (χ1n) is 5.96. The lowest BCUT2D eigenvalue weighted by Gasteiger charge is -2.06. The highest BCUT2D eigenvalue weighted by molar-refractivity contribution is 7.99. The Morgan fingerprint density at radius 2 is 1.89 bits per heavy atom. The predicted octanol–water partition coefficient (Wildman–Crippen LogP) is 2.64. The lowest BCUT2D eigenvalue weighted by Crippen LogP contribution is -2.05. The van der Waals surface area contributed by atoms with Crippen LogP contribution in [-0.4, -0.2) is 27.1 Å². The summed E-state index contributed by atoms with van der Waals surface area (Å²) in [5.74, 6) is 1.92. The minimum atomic E-state index is 0.916. The average molecular weight is 262 g/mol. The molecule has 18 heavy (non-hydrogen) atoms. The number of nitrogens with one attached hydrogen (secondary N) is 1. The Bertz CT molecular complexity index is 504. The summed E-state index contributed by atoms with van der Waals surface area (Å²) in [5, 5.41) is 12.5. The van der Waals surface area contributed by atoms with E-state index in [1.54, 1.807) is 11.8 Å². The van der Waals surface area contributed by atoms with Gasteiger partial charge in [0, 0.05) is 25.0 Å². The van der Waals surface area contributed by atoms with Crippen LogP contribution in [0, 0.1) is 13.8 Å². The number of aromatic nitrogens is 3. The topological polar surface area (TPSA) is 42.7 Å². The van der Waals surface area contributed by atoms with Crippen molar-refractivity contribution in [1.82, 2.24) is 14.8 Å². The highest BCUT2D eigenvalue weighted by atomic mass is 32.2. The van der Waals surface area contributed by atoms with Crippen LogP contribution < -0.4 is 5.32 Å². The molecule has 0 radical (unpaired) electrons. The average Bonchev–Trinajstić information content (AvgIpc) is 2.68. The summed E-state index contributed by atoms with van der Waals surface area (Å²) < 4.78 is 2.01. The monoisotopic (exact) mass is 262 g/mol. The summed E-state index contributed by atoms with van der Waals surface area (Å²) >= 11 is 1.72. The standard InChI is InChI=1S/C13H18N4S/c1-10-4-6-12(7-5-10)14-8-9-18-13-16-15-11(2)17(13)3/h4-7,14H,8-9H2,1-3H3. The minimum Gasteiger partial charge on any atom is -0.384 e. The van der Waals surface area contributed by atoms with E-state index >= 15 is 0 Å². The van der Waals surface area contributed by atoms with Gasteiger partial charge in [0.25, 0.3) is 0 Å². The van der Waals surface area contributed by atoms with Crippen molar-refractivity contribution < 1.29 is 0 Å². The SMILES string of the molecule is Cc1ccc(NCCSc2nnc(C)n2C)cc1. The van der Waals surface area contributed by atoms with Crippen molar-refractivity contribution >= 4 is 17.4 Å². The lowest BCUT2D eigenvalue weighted by atomic mass is 10.2. The number of rotatable bonds is 5. The molecule has 1 aromatic heterocycles. The van der Waals surface area contributed by atoms with E-state index in [1.165, 1.54) is 5.56 Å². The Labute approximate surface area is 112 Å². The third-order valence-corrected chi connectivity index (χ3v) is 3.79. The smallest absolute Gasteiger partial charge is 0.191 e. The fraction of sp³-hybridized carbons (Fsp3) is 0.385. The quantitative estimate of drug-likeness (QED) is 0.664. The van der Waals surface area contributed by atoms with E-state index in [-0.39, 0.29) is 0 Å². The molecule has 0 saturated heterocycles. The summed E-state index contributed by atoms with van der Waals surface area (Å²) in [5.41, 5.74) is 2.44. The van der Waals surface area contributed by atoms with Crippen LogP contribution in [0.25, 0.3) is 0 Å². The normalized spacial score (nSPS) is 10.6. The summed E-state index contributed by atoms with van der Waals surface area (Å²) in [6.45, 7) is 4.97. The van der Waals surface area contributed by atoms with Crippen molar-refractivity contribution in [1.29, 1.82) is 0 Å². The molecular formula is C13H18N4S. The third-order valence-electron chi connectivity index (χ3n) is 2.77. The van der Waals surface area contributed by atoms with Crippen LogP contribution in [0.4, 0.5) is 5.69 Å². The maximum absolute atomic E-state index is 4.12. The molecule has 0 fully saturated rings. The Balaban J connectivity index is 1.76. The predicted molar refractivity (Wildman–Crippen MR) is 76.1 cm³/mol.